The van der Waals surface area contributed by atoms with Crippen molar-refractivity contribution in [2.45, 2.75) is 6.54 Å². The first-order chi connectivity index (χ1) is 9.61. The third-order valence-electron chi connectivity index (χ3n) is 3.33. The highest BCUT2D eigenvalue weighted by atomic mass is 19.1. The standard InChI is InChI=1S/C14H13FN2O3/c15-11-3-1-9(2-4-11)13-16-12(8-20-13)7-17-5-10(6-17)14(18)19/h1-4,8,10H,5-7H2,(H,18,19). The van der Waals surface area contributed by atoms with Crippen molar-refractivity contribution in [3.05, 3.63) is 42.0 Å². The normalized spacial score (nSPS) is 16.1. The summed E-state index contributed by atoms with van der Waals surface area (Å²) in [6.45, 7) is 1.64. The number of aromatic nitrogens is 1. The van der Waals surface area contributed by atoms with E-state index in [1.165, 1.54) is 12.1 Å². The Morgan fingerprint density at radius 2 is 2.10 bits per heavy atom. The van der Waals surface area contributed by atoms with E-state index in [1.807, 2.05) is 4.90 Å². The van der Waals surface area contributed by atoms with Gasteiger partial charge < -0.3 is 9.52 Å². The predicted octanol–water partition coefficient (Wildman–Crippen LogP) is 2.00. The zero-order valence-electron chi connectivity index (χ0n) is 10.6. The van der Waals surface area contributed by atoms with Crippen LogP contribution in [-0.4, -0.2) is 34.0 Å². The van der Waals surface area contributed by atoms with Crippen molar-refractivity contribution in [2.75, 3.05) is 13.1 Å². The van der Waals surface area contributed by atoms with Crippen LogP contribution < -0.4 is 0 Å². The zero-order chi connectivity index (χ0) is 14.1. The number of carboxylic acids is 1. The van der Waals surface area contributed by atoms with Crippen LogP contribution in [0.3, 0.4) is 0 Å². The summed E-state index contributed by atoms with van der Waals surface area (Å²) in [6, 6.07) is 5.92. The summed E-state index contributed by atoms with van der Waals surface area (Å²) in [5.41, 5.74) is 1.46. The number of carbonyl (C=O) groups is 1. The summed E-state index contributed by atoms with van der Waals surface area (Å²) in [7, 11) is 0. The molecule has 1 aliphatic heterocycles. The van der Waals surface area contributed by atoms with Gasteiger partial charge in [-0.1, -0.05) is 0 Å². The van der Waals surface area contributed by atoms with Gasteiger partial charge in [-0.3, -0.25) is 9.69 Å². The smallest absolute Gasteiger partial charge is 0.309 e. The molecule has 2 heterocycles. The number of aliphatic carboxylic acids is 1. The van der Waals surface area contributed by atoms with Crippen LogP contribution in [0.1, 0.15) is 5.69 Å². The Morgan fingerprint density at radius 1 is 1.40 bits per heavy atom. The number of carboxylic acid groups (broad SMARTS) is 1. The molecule has 6 heteroatoms. The van der Waals surface area contributed by atoms with Crippen molar-refractivity contribution in [3.63, 3.8) is 0 Å². The highest BCUT2D eigenvalue weighted by Gasteiger charge is 2.32. The minimum atomic E-state index is -0.756. The van der Waals surface area contributed by atoms with Crippen molar-refractivity contribution < 1.29 is 18.7 Å². The van der Waals surface area contributed by atoms with Gasteiger partial charge in [0.1, 0.15) is 12.1 Å². The molecule has 1 N–H and O–H groups in total. The lowest BCUT2D eigenvalue weighted by atomic mass is 10.0. The Morgan fingerprint density at radius 3 is 2.75 bits per heavy atom. The number of benzene rings is 1. The first-order valence-corrected chi connectivity index (χ1v) is 6.27. The maximum absolute atomic E-state index is 12.8. The lowest BCUT2D eigenvalue weighted by Gasteiger charge is -2.35. The Kier molecular flexibility index (Phi) is 3.23. The Hall–Kier alpha value is -2.21. The minimum absolute atomic E-state index is 0.279. The van der Waals surface area contributed by atoms with Gasteiger partial charge >= 0.3 is 5.97 Å². The number of hydrogen-bond donors (Lipinski definition) is 1. The van der Waals surface area contributed by atoms with E-state index in [1.54, 1.807) is 18.4 Å². The molecular weight excluding hydrogens is 263 g/mol. The maximum Gasteiger partial charge on any atom is 0.309 e. The van der Waals surface area contributed by atoms with E-state index < -0.39 is 5.97 Å². The van der Waals surface area contributed by atoms with Crippen molar-refractivity contribution in [1.82, 2.24) is 9.88 Å². The van der Waals surface area contributed by atoms with Gasteiger partial charge in [0.2, 0.25) is 5.89 Å². The largest absolute Gasteiger partial charge is 0.481 e. The first kappa shape index (κ1) is 12.8. The number of likely N-dealkylation sites (tertiary alicyclic amines) is 1. The van der Waals surface area contributed by atoms with Crippen LogP contribution >= 0.6 is 0 Å². The Labute approximate surface area is 114 Å². The van der Waals surface area contributed by atoms with E-state index in [-0.39, 0.29) is 11.7 Å². The van der Waals surface area contributed by atoms with Crippen LogP contribution in [0.15, 0.2) is 34.9 Å². The van der Waals surface area contributed by atoms with E-state index >= 15 is 0 Å². The van der Waals surface area contributed by atoms with Crippen LogP contribution in [-0.2, 0) is 11.3 Å². The molecule has 1 aliphatic rings. The summed E-state index contributed by atoms with van der Waals surface area (Å²) >= 11 is 0. The van der Waals surface area contributed by atoms with Crippen molar-refractivity contribution in [3.8, 4) is 11.5 Å². The second-order valence-electron chi connectivity index (χ2n) is 4.88. The zero-order valence-corrected chi connectivity index (χ0v) is 10.6. The van der Waals surface area contributed by atoms with Crippen molar-refractivity contribution in [2.24, 2.45) is 5.92 Å². The van der Waals surface area contributed by atoms with Gasteiger partial charge in [0, 0.05) is 25.2 Å². The Bertz CT molecular complexity index is 618. The number of nitrogens with zero attached hydrogens (tertiary/aromatic N) is 2. The maximum atomic E-state index is 12.8. The molecule has 1 aromatic carbocycles. The highest BCUT2D eigenvalue weighted by Crippen LogP contribution is 2.22. The minimum Gasteiger partial charge on any atom is -0.481 e. The molecule has 3 rings (SSSR count). The van der Waals surface area contributed by atoms with E-state index in [0.29, 0.717) is 31.1 Å². The van der Waals surface area contributed by atoms with Crippen LogP contribution in [0, 0.1) is 11.7 Å². The molecule has 1 aromatic heterocycles. The van der Waals surface area contributed by atoms with Gasteiger partial charge in [-0.05, 0) is 24.3 Å². The molecule has 20 heavy (non-hydrogen) atoms. The molecule has 5 nitrogen and oxygen atoms in total. The van der Waals surface area contributed by atoms with Gasteiger partial charge in [0.15, 0.2) is 0 Å². The molecule has 104 valence electrons. The molecule has 0 radical (unpaired) electrons. The first-order valence-electron chi connectivity index (χ1n) is 6.27. The average molecular weight is 276 g/mol. The predicted molar refractivity (Wildman–Crippen MR) is 68.3 cm³/mol. The molecule has 0 bridgehead atoms. The number of halogens is 1. The van der Waals surface area contributed by atoms with Crippen LogP contribution in [0.4, 0.5) is 4.39 Å². The average Bonchev–Trinajstić information content (AvgIpc) is 2.82. The second kappa shape index (κ2) is 5.05. The molecule has 2 aromatic rings. The van der Waals surface area contributed by atoms with Gasteiger partial charge in [-0.25, -0.2) is 9.37 Å². The fraction of sp³-hybridized carbons (Fsp3) is 0.286. The molecule has 0 aliphatic carbocycles. The second-order valence-corrected chi connectivity index (χ2v) is 4.88. The van der Waals surface area contributed by atoms with Crippen molar-refractivity contribution in [1.29, 1.82) is 0 Å². The summed E-state index contributed by atoms with van der Waals surface area (Å²) in [4.78, 5) is 17.0. The molecule has 0 amide bonds. The molecule has 0 unspecified atom stereocenters. The van der Waals surface area contributed by atoms with E-state index in [4.69, 9.17) is 9.52 Å². The van der Waals surface area contributed by atoms with Gasteiger partial charge in [-0.2, -0.15) is 0 Å². The van der Waals surface area contributed by atoms with E-state index in [2.05, 4.69) is 4.98 Å². The third kappa shape index (κ3) is 2.55. The molecule has 0 atom stereocenters. The fourth-order valence-corrected chi connectivity index (χ4v) is 2.19. The molecule has 1 fully saturated rings. The lowest BCUT2D eigenvalue weighted by molar-refractivity contribution is -0.147. The molecule has 1 saturated heterocycles. The topological polar surface area (TPSA) is 66.6 Å². The molecular formula is C14H13FN2O3. The summed E-state index contributed by atoms with van der Waals surface area (Å²) in [6.07, 6.45) is 1.55. The SMILES string of the molecule is O=C(O)C1CN(Cc2coc(-c3ccc(F)cc3)n2)C1. The summed E-state index contributed by atoms with van der Waals surface area (Å²) in [5.74, 6) is -0.900. The van der Waals surface area contributed by atoms with Gasteiger partial charge in [0.25, 0.3) is 0 Å². The number of rotatable bonds is 4. The van der Waals surface area contributed by atoms with Crippen LogP contribution in [0.5, 0.6) is 0 Å². The highest BCUT2D eigenvalue weighted by molar-refractivity contribution is 5.71. The van der Waals surface area contributed by atoms with Gasteiger partial charge in [0.05, 0.1) is 11.6 Å². The van der Waals surface area contributed by atoms with Crippen molar-refractivity contribution >= 4 is 5.97 Å². The van der Waals surface area contributed by atoms with Crippen LogP contribution in [0.25, 0.3) is 11.5 Å². The number of hydrogen-bond acceptors (Lipinski definition) is 4. The fourth-order valence-electron chi connectivity index (χ4n) is 2.19. The monoisotopic (exact) mass is 276 g/mol. The Balaban J connectivity index is 1.63. The van der Waals surface area contributed by atoms with Gasteiger partial charge in [-0.15, -0.1) is 0 Å². The number of oxazole rings is 1. The summed E-state index contributed by atoms with van der Waals surface area (Å²) < 4.78 is 18.2. The molecule has 0 saturated carbocycles. The van der Waals surface area contributed by atoms with E-state index in [0.717, 1.165) is 5.69 Å². The van der Waals surface area contributed by atoms with E-state index in [9.17, 15) is 9.18 Å². The lowest BCUT2D eigenvalue weighted by Crippen LogP contribution is -2.49. The third-order valence-corrected chi connectivity index (χ3v) is 3.33. The van der Waals surface area contributed by atoms with Crippen LogP contribution in [0.2, 0.25) is 0 Å². The molecule has 0 spiro atoms. The summed E-state index contributed by atoms with van der Waals surface area (Å²) in [5, 5.41) is 8.80. The quantitative estimate of drug-likeness (QED) is 0.925.